The van der Waals surface area contributed by atoms with Crippen LogP contribution in [0.5, 0.6) is 0 Å². The van der Waals surface area contributed by atoms with Gasteiger partial charge in [-0.15, -0.1) is 0 Å². The quantitative estimate of drug-likeness (QED) is 0.508. The topological polar surface area (TPSA) is 74.7 Å². The number of benzene rings is 3. The van der Waals surface area contributed by atoms with E-state index in [1.807, 2.05) is 0 Å². The Morgan fingerprint density at radius 2 is 1.59 bits per heavy atom. The molecule has 0 saturated heterocycles. The van der Waals surface area contributed by atoms with Crippen LogP contribution in [-0.2, 0) is 22.7 Å². The first kappa shape index (κ1) is 23.3. The fraction of sp³-hybridized carbons (Fsp3) is 0.136. The van der Waals surface area contributed by atoms with Gasteiger partial charge in [-0.25, -0.2) is 17.6 Å². The summed E-state index contributed by atoms with van der Waals surface area (Å²) in [6.45, 7) is -0.108. The lowest BCUT2D eigenvalue weighted by molar-refractivity contribution is -0.139. The van der Waals surface area contributed by atoms with E-state index in [0.29, 0.717) is 17.2 Å². The number of hydrogen-bond acceptors (Lipinski definition) is 3. The van der Waals surface area contributed by atoms with Crippen molar-refractivity contribution in [2.75, 3.05) is 10.6 Å². The molecule has 0 unspecified atom stereocenters. The third-order valence-electron chi connectivity index (χ3n) is 4.67. The third kappa shape index (κ3) is 5.25. The predicted octanol–water partition coefficient (Wildman–Crippen LogP) is 5.18. The Bertz CT molecular complexity index is 1260. The summed E-state index contributed by atoms with van der Waals surface area (Å²) in [6, 6.07) is 14.1. The van der Waals surface area contributed by atoms with Gasteiger partial charge in [-0.05, 0) is 53.1 Å². The molecule has 1 N–H and O–H groups in total. The molecule has 0 aliphatic carbocycles. The van der Waals surface area contributed by atoms with Crippen molar-refractivity contribution in [3.63, 3.8) is 0 Å². The first-order valence-electron chi connectivity index (χ1n) is 9.13. The van der Waals surface area contributed by atoms with Gasteiger partial charge < -0.3 is 5.11 Å². The largest absolute Gasteiger partial charge is 0.478 e. The monoisotopic (exact) mass is 467 g/mol. The Kier molecular flexibility index (Phi) is 6.27. The van der Waals surface area contributed by atoms with Crippen LogP contribution in [0.25, 0.3) is 11.1 Å². The summed E-state index contributed by atoms with van der Waals surface area (Å²) in [5.74, 6) is -2.55. The number of carboxylic acids is 1. The molecule has 0 saturated carbocycles. The molecule has 0 aliphatic rings. The van der Waals surface area contributed by atoms with E-state index in [1.165, 1.54) is 48.5 Å². The van der Waals surface area contributed by atoms with Crippen molar-refractivity contribution in [3.8, 4) is 11.1 Å². The average Bonchev–Trinajstić information content (AvgIpc) is 2.70. The van der Waals surface area contributed by atoms with Gasteiger partial charge >= 0.3 is 12.1 Å². The molecule has 5 nitrogen and oxygen atoms in total. The summed E-state index contributed by atoms with van der Waals surface area (Å²) in [5, 5.41) is 8.99. The molecule has 0 heterocycles. The molecule has 0 aliphatic heterocycles. The van der Waals surface area contributed by atoms with Crippen molar-refractivity contribution in [1.82, 2.24) is 0 Å². The number of rotatable bonds is 6. The molecular weight excluding hydrogens is 450 g/mol. The average molecular weight is 467 g/mol. The maximum Gasteiger partial charge on any atom is 0.419 e. The van der Waals surface area contributed by atoms with Crippen LogP contribution in [0.3, 0.4) is 0 Å². The van der Waals surface area contributed by atoms with Crippen molar-refractivity contribution >= 4 is 21.7 Å². The predicted molar refractivity (Wildman–Crippen MR) is 111 cm³/mol. The Balaban J connectivity index is 1.97. The summed E-state index contributed by atoms with van der Waals surface area (Å²) < 4.78 is 78.3. The molecule has 3 aromatic rings. The molecule has 0 bridgehead atoms. The van der Waals surface area contributed by atoms with Crippen LogP contribution in [0, 0.1) is 5.82 Å². The Hall–Kier alpha value is -3.40. The minimum atomic E-state index is -4.83. The highest BCUT2D eigenvalue weighted by molar-refractivity contribution is 7.92. The number of aromatic carboxylic acids is 1. The van der Waals surface area contributed by atoms with Crippen LogP contribution in [0.1, 0.15) is 21.5 Å². The molecule has 32 heavy (non-hydrogen) atoms. The zero-order valence-electron chi connectivity index (χ0n) is 16.6. The van der Waals surface area contributed by atoms with E-state index >= 15 is 0 Å². The van der Waals surface area contributed by atoms with E-state index in [9.17, 15) is 30.8 Å². The minimum Gasteiger partial charge on any atom is -0.478 e. The second-order valence-electron chi connectivity index (χ2n) is 7.01. The Morgan fingerprint density at radius 3 is 2.12 bits per heavy atom. The summed E-state index contributed by atoms with van der Waals surface area (Å²) in [6.07, 6.45) is -3.84. The summed E-state index contributed by atoms with van der Waals surface area (Å²) in [5.41, 5.74) is -0.133. The summed E-state index contributed by atoms with van der Waals surface area (Å²) in [4.78, 5) is 11.0. The van der Waals surface area contributed by atoms with Gasteiger partial charge in [-0.3, -0.25) is 4.31 Å². The van der Waals surface area contributed by atoms with Gasteiger partial charge in [0, 0.05) is 0 Å². The Labute approximate surface area is 181 Å². The third-order valence-corrected chi connectivity index (χ3v) is 5.81. The number of carbonyl (C=O) groups is 1. The second-order valence-corrected chi connectivity index (χ2v) is 8.92. The second kappa shape index (κ2) is 8.62. The standard InChI is InChI=1S/C22H17F4NO4S/c1-32(30,31)27(13-14-5-7-15(8-6-14)21(28)29)18-4-2-3-16(11-18)17-9-10-19(20(23)12-17)22(24,25)26/h2-12H,13H2,1H3,(H,28,29). The molecule has 3 aromatic carbocycles. The van der Waals surface area contributed by atoms with Gasteiger partial charge in [-0.1, -0.05) is 30.3 Å². The lowest BCUT2D eigenvalue weighted by atomic mass is 10.0. The number of carboxylic acid groups (broad SMARTS) is 1. The maximum absolute atomic E-state index is 14.0. The van der Waals surface area contributed by atoms with Crippen LogP contribution in [-0.4, -0.2) is 25.7 Å². The van der Waals surface area contributed by atoms with Crippen LogP contribution < -0.4 is 4.31 Å². The van der Waals surface area contributed by atoms with Crippen molar-refractivity contribution in [3.05, 3.63) is 89.2 Å². The molecule has 3 rings (SSSR count). The van der Waals surface area contributed by atoms with E-state index in [-0.39, 0.29) is 23.4 Å². The minimum absolute atomic E-state index is 0.0472. The lowest BCUT2D eigenvalue weighted by Gasteiger charge is -2.23. The number of sulfonamides is 1. The van der Waals surface area contributed by atoms with Crippen molar-refractivity contribution in [1.29, 1.82) is 0 Å². The molecular formula is C22H17F4NO4S. The van der Waals surface area contributed by atoms with Crippen molar-refractivity contribution in [2.45, 2.75) is 12.7 Å². The molecule has 0 spiro atoms. The van der Waals surface area contributed by atoms with E-state index in [0.717, 1.165) is 22.7 Å². The van der Waals surface area contributed by atoms with E-state index in [2.05, 4.69) is 0 Å². The smallest absolute Gasteiger partial charge is 0.419 e. The van der Waals surface area contributed by atoms with Gasteiger partial charge in [0.2, 0.25) is 10.0 Å². The zero-order chi connectivity index (χ0) is 23.7. The van der Waals surface area contributed by atoms with Gasteiger partial charge in [0.15, 0.2) is 0 Å². The molecule has 0 aromatic heterocycles. The van der Waals surface area contributed by atoms with Crippen LogP contribution in [0.15, 0.2) is 66.7 Å². The Morgan fingerprint density at radius 1 is 0.969 bits per heavy atom. The van der Waals surface area contributed by atoms with Gasteiger partial charge in [0.05, 0.1) is 29.6 Å². The highest BCUT2D eigenvalue weighted by Crippen LogP contribution is 2.34. The lowest BCUT2D eigenvalue weighted by Crippen LogP contribution is -2.29. The normalized spacial score (nSPS) is 11.9. The van der Waals surface area contributed by atoms with E-state index < -0.39 is 33.5 Å². The molecule has 10 heteroatoms. The fourth-order valence-corrected chi connectivity index (χ4v) is 3.96. The SMILES string of the molecule is CS(=O)(=O)N(Cc1ccc(C(=O)O)cc1)c1cccc(-c2ccc(C(F)(F)F)c(F)c2)c1. The number of nitrogens with zero attached hydrogens (tertiary/aromatic N) is 1. The number of anilines is 1. The number of hydrogen-bond donors (Lipinski definition) is 1. The van der Waals surface area contributed by atoms with Crippen molar-refractivity contribution in [2.24, 2.45) is 0 Å². The van der Waals surface area contributed by atoms with Gasteiger partial charge in [0.25, 0.3) is 0 Å². The highest BCUT2D eigenvalue weighted by atomic mass is 32.2. The van der Waals surface area contributed by atoms with E-state index in [1.54, 1.807) is 0 Å². The maximum atomic E-state index is 14.0. The first-order chi connectivity index (χ1) is 14.9. The zero-order valence-corrected chi connectivity index (χ0v) is 17.4. The first-order valence-corrected chi connectivity index (χ1v) is 11.0. The molecule has 0 atom stereocenters. The van der Waals surface area contributed by atoms with Gasteiger partial charge in [-0.2, -0.15) is 13.2 Å². The molecule has 168 valence electrons. The molecule has 0 amide bonds. The number of alkyl halides is 3. The van der Waals surface area contributed by atoms with Crippen molar-refractivity contribution < 1.29 is 35.9 Å². The van der Waals surface area contributed by atoms with Crippen LogP contribution in [0.4, 0.5) is 23.2 Å². The summed E-state index contributed by atoms with van der Waals surface area (Å²) in [7, 11) is -3.78. The number of halogens is 4. The van der Waals surface area contributed by atoms with Gasteiger partial charge in [0.1, 0.15) is 5.82 Å². The molecule has 0 radical (unpaired) electrons. The van der Waals surface area contributed by atoms with Crippen LogP contribution >= 0.6 is 0 Å². The molecule has 0 fully saturated rings. The summed E-state index contributed by atoms with van der Waals surface area (Å²) >= 11 is 0. The fourth-order valence-electron chi connectivity index (χ4n) is 3.08. The highest BCUT2D eigenvalue weighted by Gasteiger charge is 2.34. The van der Waals surface area contributed by atoms with Crippen LogP contribution in [0.2, 0.25) is 0 Å². The van der Waals surface area contributed by atoms with E-state index in [4.69, 9.17) is 5.11 Å².